The maximum atomic E-state index is 12.0. The van der Waals surface area contributed by atoms with Crippen molar-refractivity contribution in [3.8, 4) is 0 Å². The standard InChI is InChI=1S/C16H23N3O3/c1-11(2)17-15(21)9-19(4)10-16(22)18-14-7-5-6-13(8-14)12(3)20/h5-8,11H,9-10H2,1-4H3,(H,17,21)(H,18,22)/p+1. The Morgan fingerprint density at radius 2 is 1.77 bits per heavy atom. The molecule has 0 saturated carbocycles. The third-order valence-electron chi connectivity index (χ3n) is 2.93. The van der Waals surface area contributed by atoms with Crippen LogP contribution in [0.15, 0.2) is 24.3 Å². The zero-order valence-corrected chi connectivity index (χ0v) is 13.5. The predicted octanol–water partition coefficient (Wildman–Crippen LogP) is -0.133. The van der Waals surface area contributed by atoms with Gasteiger partial charge >= 0.3 is 0 Å². The Labute approximate surface area is 130 Å². The Bertz CT molecular complexity index is 555. The third kappa shape index (κ3) is 6.49. The van der Waals surface area contributed by atoms with Gasteiger partial charge in [0.25, 0.3) is 11.8 Å². The first-order valence-corrected chi connectivity index (χ1v) is 7.29. The molecule has 0 aromatic heterocycles. The van der Waals surface area contributed by atoms with Crippen molar-refractivity contribution in [2.24, 2.45) is 0 Å². The molecule has 3 N–H and O–H groups in total. The maximum absolute atomic E-state index is 12.0. The second kappa shape index (κ2) is 8.29. The van der Waals surface area contributed by atoms with E-state index in [1.165, 1.54) is 6.92 Å². The molecule has 0 heterocycles. The fourth-order valence-electron chi connectivity index (χ4n) is 2.00. The Morgan fingerprint density at radius 3 is 2.36 bits per heavy atom. The van der Waals surface area contributed by atoms with Gasteiger partial charge in [-0.2, -0.15) is 0 Å². The van der Waals surface area contributed by atoms with Crippen LogP contribution in [0, 0.1) is 0 Å². The molecule has 1 aromatic carbocycles. The number of quaternary nitrogens is 1. The molecule has 0 aliphatic heterocycles. The van der Waals surface area contributed by atoms with Crippen molar-refractivity contribution >= 4 is 23.3 Å². The van der Waals surface area contributed by atoms with E-state index in [1.807, 2.05) is 13.8 Å². The summed E-state index contributed by atoms with van der Waals surface area (Å²) in [5, 5.41) is 5.53. The molecular weight excluding hydrogens is 282 g/mol. The highest BCUT2D eigenvalue weighted by atomic mass is 16.2. The lowest BCUT2D eigenvalue weighted by atomic mass is 10.1. The molecule has 0 spiro atoms. The fourth-order valence-corrected chi connectivity index (χ4v) is 2.00. The van der Waals surface area contributed by atoms with E-state index in [4.69, 9.17) is 0 Å². The Kier molecular flexibility index (Phi) is 6.72. The van der Waals surface area contributed by atoms with Gasteiger partial charge in [-0.05, 0) is 32.9 Å². The lowest BCUT2D eigenvalue weighted by Gasteiger charge is -2.15. The molecule has 0 saturated heterocycles. The topological polar surface area (TPSA) is 79.7 Å². The van der Waals surface area contributed by atoms with Crippen LogP contribution in [0.3, 0.4) is 0 Å². The number of hydrogen-bond donors (Lipinski definition) is 3. The molecular formula is C16H24N3O3+. The summed E-state index contributed by atoms with van der Waals surface area (Å²) in [6.07, 6.45) is 0. The summed E-state index contributed by atoms with van der Waals surface area (Å²) < 4.78 is 0. The van der Waals surface area contributed by atoms with Gasteiger partial charge in [0, 0.05) is 17.3 Å². The van der Waals surface area contributed by atoms with Crippen molar-refractivity contribution in [3.63, 3.8) is 0 Å². The normalized spacial score (nSPS) is 11.9. The van der Waals surface area contributed by atoms with Gasteiger partial charge in [-0.1, -0.05) is 12.1 Å². The number of ketones is 1. The van der Waals surface area contributed by atoms with Crippen LogP contribution in [0.4, 0.5) is 5.69 Å². The van der Waals surface area contributed by atoms with Crippen molar-refractivity contribution < 1.29 is 19.3 Å². The van der Waals surface area contributed by atoms with E-state index in [1.54, 1.807) is 31.3 Å². The van der Waals surface area contributed by atoms with E-state index in [0.717, 1.165) is 4.90 Å². The van der Waals surface area contributed by atoms with E-state index in [9.17, 15) is 14.4 Å². The number of nitrogens with one attached hydrogen (secondary N) is 3. The van der Waals surface area contributed by atoms with Crippen LogP contribution < -0.4 is 15.5 Å². The first-order valence-electron chi connectivity index (χ1n) is 7.29. The molecule has 6 heteroatoms. The number of Topliss-reactive ketones (excluding diaryl/α,β-unsaturated/α-hetero) is 1. The van der Waals surface area contributed by atoms with Crippen LogP contribution in [0.25, 0.3) is 0 Å². The number of anilines is 1. The molecule has 0 radical (unpaired) electrons. The summed E-state index contributed by atoms with van der Waals surface area (Å²) in [4.78, 5) is 35.7. The summed E-state index contributed by atoms with van der Waals surface area (Å²) >= 11 is 0. The summed E-state index contributed by atoms with van der Waals surface area (Å²) in [5.74, 6) is -0.335. The highest BCUT2D eigenvalue weighted by Crippen LogP contribution is 2.10. The predicted molar refractivity (Wildman–Crippen MR) is 85.0 cm³/mol. The van der Waals surface area contributed by atoms with E-state index in [-0.39, 0.29) is 36.7 Å². The van der Waals surface area contributed by atoms with Crippen LogP contribution in [-0.2, 0) is 9.59 Å². The summed E-state index contributed by atoms with van der Waals surface area (Å²) in [6, 6.07) is 6.88. The lowest BCUT2D eigenvalue weighted by Crippen LogP contribution is -3.11. The zero-order chi connectivity index (χ0) is 16.7. The molecule has 0 aliphatic rings. The Morgan fingerprint density at radius 1 is 1.14 bits per heavy atom. The molecule has 1 rings (SSSR count). The number of carbonyl (C=O) groups excluding carboxylic acids is 3. The molecule has 1 aromatic rings. The highest BCUT2D eigenvalue weighted by Gasteiger charge is 2.15. The minimum Gasteiger partial charge on any atom is -0.349 e. The minimum absolute atomic E-state index is 0.0517. The average Bonchev–Trinajstić information content (AvgIpc) is 2.37. The summed E-state index contributed by atoms with van der Waals surface area (Å²) in [5.41, 5.74) is 1.13. The van der Waals surface area contributed by atoms with Gasteiger partial charge in [0.1, 0.15) is 0 Å². The number of hydrogen-bond acceptors (Lipinski definition) is 3. The molecule has 120 valence electrons. The van der Waals surface area contributed by atoms with Crippen LogP contribution in [0.1, 0.15) is 31.1 Å². The maximum Gasteiger partial charge on any atom is 0.279 e. The number of carbonyl (C=O) groups is 3. The lowest BCUT2D eigenvalue weighted by molar-refractivity contribution is -0.862. The van der Waals surface area contributed by atoms with Gasteiger partial charge < -0.3 is 15.5 Å². The van der Waals surface area contributed by atoms with Crippen LogP contribution in [0.5, 0.6) is 0 Å². The van der Waals surface area contributed by atoms with Crippen LogP contribution >= 0.6 is 0 Å². The van der Waals surface area contributed by atoms with Gasteiger partial charge in [-0.25, -0.2) is 0 Å². The monoisotopic (exact) mass is 306 g/mol. The third-order valence-corrected chi connectivity index (χ3v) is 2.93. The van der Waals surface area contributed by atoms with Gasteiger partial charge in [0.2, 0.25) is 0 Å². The van der Waals surface area contributed by atoms with Crippen molar-refractivity contribution in [1.82, 2.24) is 5.32 Å². The second-order valence-corrected chi connectivity index (χ2v) is 5.72. The first-order chi connectivity index (χ1) is 10.3. The largest absolute Gasteiger partial charge is 0.349 e. The van der Waals surface area contributed by atoms with Crippen molar-refractivity contribution in [1.29, 1.82) is 0 Å². The molecule has 0 fully saturated rings. The smallest absolute Gasteiger partial charge is 0.279 e. The minimum atomic E-state index is -0.199. The quantitative estimate of drug-likeness (QED) is 0.614. The van der Waals surface area contributed by atoms with Crippen molar-refractivity contribution in [2.45, 2.75) is 26.8 Å². The molecule has 6 nitrogen and oxygen atoms in total. The van der Waals surface area contributed by atoms with E-state index < -0.39 is 0 Å². The Hall–Kier alpha value is -2.21. The number of benzene rings is 1. The molecule has 1 atom stereocenters. The average molecular weight is 306 g/mol. The summed E-state index contributed by atoms with van der Waals surface area (Å²) in [6.45, 7) is 5.67. The Balaban J connectivity index is 2.50. The van der Waals surface area contributed by atoms with E-state index in [0.29, 0.717) is 11.3 Å². The number of likely N-dealkylation sites (N-methyl/N-ethyl adjacent to an activating group) is 1. The van der Waals surface area contributed by atoms with Crippen molar-refractivity contribution in [3.05, 3.63) is 29.8 Å². The summed E-state index contributed by atoms with van der Waals surface area (Å²) in [7, 11) is 1.78. The fraction of sp³-hybridized carbons (Fsp3) is 0.438. The van der Waals surface area contributed by atoms with Crippen LogP contribution in [0.2, 0.25) is 0 Å². The molecule has 1 unspecified atom stereocenters. The molecule has 0 aliphatic carbocycles. The van der Waals surface area contributed by atoms with Gasteiger partial charge in [-0.3, -0.25) is 14.4 Å². The van der Waals surface area contributed by atoms with Gasteiger partial charge in [0.15, 0.2) is 18.9 Å². The van der Waals surface area contributed by atoms with E-state index >= 15 is 0 Å². The second-order valence-electron chi connectivity index (χ2n) is 5.72. The van der Waals surface area contributed by atoms with Crippen molar-refractivity contribution in [2.75, 3.05) is 25.5 Å². The zero-order valence-electron chi connectivity index (χ0n) is 13.5. The first kappa shape index (κ1) is 17.8. The SMILES string of the molecule is CC(=O)c1cccc(NC(=O)C[NH+](C)CC(=O)NC(C)C)c1. The molecule has 22 heavy (non-hydrogen) atoms. The molecule has 0 bridgehead atoms. The van der Waals surface area contributed by atoms with E-state index in [2.05, 4.69) is 10.6 Å². The molecule has 2 amide bonds. The number of amides is 2. The van der Waals surface area contributed by atoms with Gasteiger partial charge in [-0.15, -0.1) is 0 Å². The van der Waals surface area contributed by atoms with Crippen LogP contribution in [-0.4, -0.2) is 43.8 Å². The number of rotatable bonds is 7. The highest BCUT2D eigenvalue weighted by molar-refractivity contribution is 5.97. The van der Waals surface area contributed by atoms with Gasteiger partial charge in [0.05, 0.1) is 7.05 Å².